The molecule has 138 valence electrons. The van der Waals surface area contributed by atoms with Crippen LogP contribution in [0.25, 0.3) is 0 Å². The number of hydrogen-bond donors (Lipinski definition) is 2. The Morgan fingerprint density at radius 3 is 2.08 bits per heavy atom. The summed E-state index contributed by atoms with van der Waals surface area (Å²) in [4.78, 5) is 39.1. The molecule has 0 unspecified atom stereocenters. The SMILES string of the molecule is CC(C)(C)OC(=O)NCC(=O)Nc1ccc(C(=O)OC(C)(C)C)nc1. The number of anilines is 1. The largest absolute Gasteiger partial charge is 0.455 e. The Balaban J connectivity index is 2.51. The highest BCUT2D eigenvalue weighted by molar-refractivity contribution is 5.94. The summed E-state index contributed by atoms with van der Waals surface area (Å²) >= 11 is 0. The van der Waals surface area contributed by atoms with Gasteiger partial charge in [0.25, 0.3) is 0 Å². The van der Waals surface area contributed by atoms with Crippen molar-refractivity contribution in [3.63, 3.8) is 0 Å². The number of carbonyl (C=O) groups excluding carboxylic acids is 3. The quantitative estimate of drug-likeness (QED) is 0.807. The second-order valence-electron chi connectivity index (χ2n) is 7.34. The Bertz CT molecular complexity index is 627. The number of hydrogen-bond acceptors (Lipinski definition) is 6. The zero-order chi connectivity index (χ0) is 19.3. The molecule has 0 radical (unpaired) electrons. The first kappa shape index (κ1) is 20.4. The number of rotatable bonds is 4. The van der Waals surface area contributed by atoms with E-state index in [0.29, 0.717) is 5.69 Å². The molecule has 8 heteroatoms. The van der Waals surface area contributed by atoms with E-state index in [2.05, 4.69) is 15.6 Å². The first-order valence-corrected chi connectivity index (χ1v) is 7.82. The number of pyridine rings is 1. The zero-order valence-corrected chi connectivity index (χ0v) is 15.4. The number of carbonyl (C=O) groups is 3. The Kier molecular flexibility index (Phi) is 6.49. The summed E-state index contributed by atoms with van der Waals surface area (Å²) < 4.78 is 10.2. The standard InChI is InChI=1S/C17H25N3O5/c1-16(2,3)24-14(22)12-8-7-11(9-18-12)20-13(21)10-19-15(23)25-17(4,5)6/h7-9H,10H2,1-6H3,(H,19,23)(H,20,21). The van der Waals surface area contributed by atoms with Gasteiger partial charge in [0.05, 0.1) is 11.9 Å². The van der Waals surface area contributed by atoms with E-state index in [4.69, 9.17) is 9.47 Å². The maximum absolute atomic E-state index is 11.9. The van der Waals surface area contributed by atoms with Gasteiger partial charge in [-0.3, -0.25) is 4.79 Å². The molecule has 8 nitrogen and oxygen atoms in total. The lowest BCUT2D eigenvalue weighted by atomic mass is 10.2. The van der Waals surface area contributed by atoms with Crippen LogP contribution in [0.15, 0.2) is 18.3 Å². The van der Waals surface area contributed by atoms with Crippen LogP contribution in [0.2, 0.25) is 0 Å². The van der Waals surface area contributed by atoms with Crippen LogP contribution in [-0.4, -0.2) is 40.7 Å². The molecule has 0 spiro atoms. The predicted molar refractivity (Wildman–Crippen MR) is 92.3 cm³/mol. The molecule has 1 aromatic rings. The third-order valence-electron chi connectivity index (χ3n) is 2.45. The molecule has 0 atom stereocenters. The summed E-state index contributed by atoms with van der Waals surface area (Å²) in [5.41, 5.74) is -0.718. The molecule has 25 heavy (non-hydrogen) atoms. The van der Waals surface area contributed by atoms with Crippen molar-refractivity contribution in [3.8, 4) is 0 Å². The molecule has 0 aliphatic heterocycles. The van der Waals surface area contributed by atoms with Crippen LogP contribution in [0.1, 0.15) is 52.0 Å². The number of amides is 2. The molecule has 0 saturated carbocycles. The van der Waals surface area contributed by atoms with E-state index in [9.17, 15) is 14.4 Å². The van der Waals surface area contributed by atoms with Crippen molar-refractivity contribution >= 4 is 23.7 Å². The molecule has 2 N–H and O–H groups in total. The number of esters is 1. The molecule has 0 aliphatic carbocycles. The first-order chi connectivity index (χ1) is 11.4. The fourth-order valence-electron chi connectivity index (χ4n) is 1.59. The summed E-state index contributed by atoms with van der Waals surface area (Å²) in [5, 5.41) is 4.90. The van der Waals surface area contributed by atoms with Crippen molar-refractivity contribution in [2.75, 3.05) is 11.9 Å². The minimum Gasteiger partial charge on any atom is -0.455 e. The third-order valence-corrected chi connectivity index (χ3v) is 2.45. The third kappa shape index (κ3) is 8.69. The highest BCUT2D eigenvalue weighted by atomic mass is 16.6. The van der Waals surface area contributed by atoms with Crippen LogP contribution in [0.3, 0.4) is 0 Å². The summed E-state index contributed by atoms with van der Waals surface area (Å²) in [7, 11) is 0. The molecular weight excluding hydrogens is 326 g/mol. The van der Waals surface area contributed by atoms with Gasteiger partial charge in [-0.05, 0) is 53.7 Å². The number of ether oxygens (including phenoxy) is 2. The smallest absolute Gasteiger partial charge is 0.408 e. The number of nitrogens with zero attached hydrogens (tertiary/aromatic N) is 1. The average Bonchev–Trinajstić information content (AvgIpc) is 2.42. The van der Waals surface area contributed by atoms with Crippen molar-refractivity contribution in [1.29, 1.82) is 0 Å². The second-order valence-corrected chi connectivity index (χ2v) is 7.34. The van der Waals surface area contributed by atoms with E-state index in [1.165, 1.54) is 18.3 Å². The van der Waals surface area contributed by atoms with Gasteiger partial charge in [0.2, 0.25) is 5.91 Å². The van der Waals surface area contributed by atoms with E-state index in [1.54, 1.807) is 41.5 Å². The van der Waals surface area contributed by atoms with Crippen molar-refractivity contribution < 1.29 is 23.9 Å². The van der Waals surface area contributed by atoms with Crippen LogP contribution in [0.5, 0.6) is 0 Å². The fourth-order valence-corrected chi connectivity index (χ4v) is 1.59. The summed E-state index contributed by atoms with van der Waals surface area (Å²) in [5.74, 6) is -0.991. The van der Waals surface area contributed by atoms with Crippen LogP contribution in [-0.2, 0) is 14.3 Å². The normalized spacial score (nSPS) is 11.4. The van der Waals surface area contributed by atoms with Gasteiger partial charge in [0, 0.05) is 0 Å². The molecule has 0 aliphatic rings. The molecule has 1 heterocycles. The van der Waals surface area contributed by atoms with Crippen molar-refractivity contribution in [1.82, 2.24) is 10.3 Å². The predicted octanol–water partition coefficient (Wildman–Crippen LogP) is 2.50. The van der Waals surface area contributed by atoms with Gasteiger partial charge < -0.3 is 20.1 Å². The minimum absolute atomic E-state index is 0.139. The van der Waals surface area contributed by atoms with Crippen molar-refractivity contribution in [2.45, 2.75) is 52.7 Å². The first-order valence-electron chi connectivity index (χ1n) is 7.82. The molecule has 2 amide bonds. The van der Waals surface area contributed by atoms with E-state index in [-0.39, 0.29) is 12.2 Å². The monoisotopic (exact) mass is 351 g/mol. The van der Waals surface area contributed by atoms with Gasteiger partial charge in [-0.15, -0.1) is 0 Å². The maximum Gasteiger partial charge on any atom is 0.408 e. The number of nitrogens with one attached hydrogen (secondary N) is 2. The molecule has 1 aromatic heterocycles. The lowest BCUT2D eigenvalue weighted by Crippen LogP contribution is -2.37. The van der Waals surface area contributed by atoms with Gasteiger partial charge in [-0.1, -0.05) is 0 Å². The van der Waals surface area contributed by atoms with Gasteiger partial charge in [0.15, 0.2) is 0 Å². The Hall–Kier alpha value is -2.64. The van der Waals surface area contributed by atoms with Crippen LogP contribution >= 0.6 is 0 Å². The van der Waals surface area contributed by atoms with Gasteiger partial charge in [-0.2, -0.15) is 0 Å². The van der Waals surface area contributed by atoms with Crippen LogP contribution < -0.4 is 10.6 Å². The topological polar surface area (TPSA) is 107 Å². The Morgan fingerprint density at radius 2 is 1.60 bits per heavy atom. The second kappa shape index (κ2) is 7.96. The highest BCUT2D eigenvalue weighted by Gasteiger charge is 2.19. The Morgan fingerprint density at radius 1 is 1.00 bits per heavy atom. The van der Waals surface area contributed by atoms with Gasteiger partial charge in [0.1, 0.15) is 23.4 Å². The summed E-state index contributed by atoms with van der Waals surface area (Å²) in [6.45, 7) is 10.2. The molecule has 0 aromatic carbocycles. The van der Waals surface area contributed by atoms with Crippen molar-refractivity contribution in [3.05, 3.63) is 24.0 Å². The maximum atomic E-state index is 11.9. The lowest BCUT2D eigenvalue weighted by molar-refractivity contribution is -0.115. The number of aromatic nitrogens is 1. The van der Waals surface area contributed by atoms with Crippen LogP contribution in [0, 0.1) is 0 Å². The summed E-state index contributed by atoms with van der Waals surface area (Å²) in [6, 6.07) is 2.97. The van der Waals surface area contributed by atoms with Crippen LogP contribution in [0.4, 0.5) is 10.5 Å². The highest BCUT2D eigenvalue weighted by Crippen LogP contribution is 2.12. The molecule has 0 bridgehead atoms. The Labute approximate surface area is 147 Å². The molecule has 1 rings (SSSR count). The molecular formula is C17H25N3O5. The number of alkyl carbamates (subject to hydrolysis) is 1. The van der Waals surface area contributed by atoms with E-state index >= 15 is 0 Å². The average molecular weight is 351 g/mol. The van der Waals surface area contributed by atoms with Crippen molar-refractivity contribution in [2.24, 2.45) is 0 Å². The van der Waals surface area contributed by atoms with Gasteiger partial charge in [-0.25, -0.2) is 14.6 Å². The minimum atomic E-state index is -0.680. The van der Waals surface area contributed by atoms with E-state index in [1.807, 2.05) is 0 Å². The zero-order valence-electron chi connectivity index (χ0n) is 15.4. The summed E-state index contributed by atoms with van der Waals surface area (Å²) in [6.07, 6.45) is 0.658. The van der Waals surface area contributed by atoms with E-state index < -0.39 is 29.2 Å². The lowest BCUT2D eigenvalue weighted by Gasteiger charge is -2.19. The van der Waals surface area contributed by atoms with E-state index in [0.717, 1.165) is 0 Å². The molecule has 0 fully saturated rings. The van der Waals surface area contributed by atoms with Gasteiger partial charge >= 0.3 is 12.1 Å². The fraction of sp³-hybridized carbons (Fsp3) is 0.529. The molecule has 0 saturated heterocycles.